The Kier molecular flexibility index (Phi) is 4.97. The minimum Gasteiger partial charge on any atom is -0.504 e. The smallest absolute Gasteiger partial charge is 0.161 e. The third-order valence-corrected chi connectivity index (χ3v) is 3.84. The summed E-state index contributed by atoms with van der Waals surface area (Å²) in [6.45, 7) is 7.06. The summed E-state index contributed by atoms with van der Waals surface area (Å²) in [7, 11) is 0. The Bertz CT molecular complexity index is 853. The molecule has 0 aliphatic heterocycles. The van der Waals surface area contributed by atoms with E-state index >= 15 is 0 Å². The van der Waals surface area contributed by atoms with Gasteiger partial charge in [0.2, 0.25) is 0 Å². The van der Waals surface area contributed by atoms with Gasteiger partial charge < -0.3 is 14.4 Å². The molecule has 3 aromatic rings. The fraction of sp³-hybridized carbons (Fsp3) is 0.316. The lowest BCUT2D eigenvalue weighted by Gasteiger charge is -2.11. The molecular formula is C19H22N4O2. The first kappa shape index (κ1) is 17.0. The number of aromatic nitrogens is 4. The molecule has 0 saturated heterocycles. The lowest BCUT2D eigenvalue weighted by molar-refractivity contribution is 0.318. The van der Waals surface area contributed by atoms with Crippen molar-refractivity contribution in [3.63, 3.8) is 0 Å². The van der Waals surface area contributed by atoms with Crippen LogP contribution in [0.3, 0.4) is 0 Å². The van der Waals surface area contributed by atoms with E-state index in [9.17, 15) is 5.11 Å². The van der Waals surface area contributed by atoms with Crippen molar-refractivity contribution in [1.82, 2.24) is 19.5 Å². The molecule has 0 atom stereocenters. The molecule has 0 aliphatic carbocycles. The Balaban J connectivity index is 1.82. The number of imidazole rings is 1. The van der Waals surface area contributed by atoms with Crippen LogP contribution in [0.5, 0.6) is 11.5 Å². The number of hydrogen-bond acceptors (Lipinski definition) is 5. The Morgan fingerprint density at radius 3 is 2.60 bits per heavy atom. The van der Waals surface area contributed by atoms with Crippen LogP contribution in [0.1, 0.15) is 24.1 Å². The van der Waals surface area contributed by atoms with Crippen LogP contribution in [0.15, 0.2) is 36.7 Å². The number of ether oxygens (including phenoxy) is 1. The van der Waals surface area contributed by atoms with Crippen LogP contribution in [-0.2, 0) is 13.0 Å². The van der Waals surface area contributed by atoms with Crippen molar-refractivity contribution in [3.8, 4) is 22.9 Å². The van der Waals surface area contributed by atoms with Crippen LogP contribution in [0, 0.1) is 13.8 Å². The zero-order valence-electron chi connectivity index (χ0n) is 14.7. The Hall–Kier alpha value is -2.89. The SMILES string of the molecule is CCOc1cc(-c2nccn2CCc2nc(C)cc(C)n2)ccc1O. The quantitative estimate of drug-likeness (QED) is 0.746. The fourth-order valence-electron chi connectivity index (χ4n) is 2.81. The van der Waals surface area contributed by atoms with Gasteiger partial charge in [0.25, 0.3) is 0 Å². The predicted octanol–water partition coefficient (Wildman–Crippen LogP) is 3.30. The van der Waals surface area contributed by atoms with Crippen molar-refractivity contribution >= 4 is 0 Å². The number of aryl methyl sites for hydroxylation is 4. The summed E-state index contributed by atoms with van der Waals surface area (Å²) < 4.78 is 7.52. The molecule has 0 aliphatic rings. The second-order valence-corrected chi connectivity index (χ2v) is 5.88. The highest BCUT2D eigenvalue weighted by Gasteiger charge is 2.11. The van der Waals surface area contributed by atoms with Crippen LogP contribution >= 0.6 is 0 Å². The summed E-state index contributed by atoms with van der Waals surface area (Å²) in [6.07, 6.45) is 4.43. The summed E-state index contributed by atoms with van der Waals surface area (Å²) in [5.74, 6) is 2.25. The van der Waals surface area contributed by atoms with Crippen LogP contribution in [0.4, 0.5) is 0 Å². The highest BCUT2D eigenvalue weighted by molar-refractivity contribution is 5.61. The van der Waals surface area contributed by atoms with Gasteiger partial charge in [-0.2, -0.15) is 0 Å². The molecule has 2 heterocycles. The van der Waals surface area contributed by atoms with E-state index < -0.39 is 0 Å². The van der Waals surface area contributed by atoms with Gasteiger partial charge in [0, 0.05) is 42.3 Å². The first-order valence-corrected chi connectivity index (χ1v) is 8.35. The molecule has 2 aromatic heterocycles. The Morgan fingerprint density at radius 2 is 1.88 bits per heavy atom. The van der Waals surface area contributed by atoms with E-state index in [0.29, 0.717) is 12.4 Å². The van der Waals surface area contributed by atoms with Gasteiger partial charge in [0.15, 0.2) is 11.5 Å². The molecule has 3 rings (SSSR count). The normalized spacial score (nSPS) is 10.8. The summed E-state index contributed by atoms with van der Waals surface area (Å²) in [5.41, 5.74) is 2.86. The molecule has 6 heteroatoms. The van der Waals surface area contributed by atoms with Crippen molar-refractivity contribution in [1.29, 1.82) is 0 Å². The molecule has 0 amide bonds. The molecule has 0 bridgehead atoms. The van der Waals surface area contributed by atoms with Gasteiger partial charge in [-0.15, -0.1) is 0 Å². The molecule has 0 saturated carbocycles. The largest absolute Gasteiger partial charge is 0.504 e. The summed E-state index contributed by atoms with van der Waals surface area (Å²) in [5, 5.41) is 9.87. The van der Waals surface area contributed by atoms with E-state index in [1.165, 1.54) is 0 Å². The van der Waals surface area contributed by atoms with Gasteiger partial charge in [0.1, 0.15) is 11.6 Å². The first-order valence-electron chi connectivity index (χ1n) is 8.35. The van der Waals surface area contributed by atoms with E-state index in [1.807, 2.05) is 45.2 Å². The monoisotopic (exact) mass is 338 g/mol. The minimum atomic E-state index is 0.132. The molecule has 1 N–H and O–H groups in total. The molecule has 0 fully saturated rings. The van der Waals surface area contributed by atoms with E-state index in [1.54, 1.807) is 12.3 Å². The van der Waals surface area contributed by atoms with E-state index in [2.05, 4.69) is 19.5 Å². The minimum absolute atomic E-state index is 0.132. The fourth-order valence-corrected chi connectivity index (χ4v) is 2.81. The number of hydrogen-bond donors (Lipinski definition) is 1. The van der Waals surface area contributed by atoms with Crippen LogP contribution in [0.2, 0.25) is 0 Å². The molecule has 25 heavy (non-hydrogen) atoms. The van der Waals surface area contributed by atoms with Crippen molar-refractivity contribution in [2.45, 2.75) is 33.7 Å². The van der Waals surface area contributed by atoms with E-state index in [-0.39, 0.29) is 5.75 Å². The van der Waals surface area contributed by atoms with Gasteiger partial charge in [-0.05, 0) is 45.0 Å². The molecule has 130 valence electrons. The van der Waals surface area contributed by atoms with Gasteiger partial charge in [-0.1, -0.05) is 0 Å². The van der Waals surface area contributed by atoms with Crippen LogP contribution in [0.25, 0.3) is 11.4 Å². The second-order valence-electron chi connectivity index (χ2n) is 5.88. The number of aromatic hydroxyl groups is 1. The predicted molar refractivity (Wildman–Crippen MR) is 95.7 cm³/mol. The summed E-state index contributed by atoms with van der Waals surface area (Å²) in [4.78, 5) is 13.4. The van der Waals surface area contributed by atoms with Crippen LogP contribution in [-0.4, -0.2) is 31.2 Å². The second kappa shape index (κ2) is 7.34. The van der Waals surface area contributed by atoms with Gasteiger partial charge in [0.05, 0.1) is 6.61 Å². The average molecular weight is 338 g/mol. The molecule has 0 radical (unpaired) electrons. The summed E-state index contributed by atoms with van der Waals surface area (Å²) in [6, 6.07) is 7.25. The molecule has 0 spiro atoms. The van der Waals surface area contributed by atoms with Gasteiger partial charge in [-0.3, -0.25) is 0 Å². The van der Waals surface area contributed by atoms with Crippen molar-refractivity contribution in [2.75, 3.05) is 6.61 Å². The van der Waals surface area contributed by atoms with Crippen molar-refractivity contribution < 1.29 is 9.84 Å². The average Bonchev–Trinajstić information content (AvgIpc) is 3.03. The topological polar surface area (TPSA) is 73.1 Å². The highest BCUT2D eigenvalue weighted by Crippen LogP contribution is 2.31. The van der Waals surface area contributed by atoms with E-state index in [4.69, 9.17) is 4.74 Å². The number of phenols is 1. The summed E-state index contributed by atoms with van der Waals surface area (Å²) >= 11 is 0. The number of rotatable bonds is 6. The van der Waals surface area contributed by atoms with Crippen LogP contribution < -0.4 is 4.74 Å². The van der Waals surface area contributed by atoms with Gasteiger partial charge in [-0.25, -0.2) is 15.0 Å². The lowest BCUT2D eigenvalue weighted by atomic mass is 10.2. The van der Waals surface area contributed by atoms with Gasteiger partial charge >= 0.3 is 0 Å². The first-order chi connectivity index (χ1) is 12.1. The van der Waals surface area contributed by atoms with Crippen molar-refractivity contribution in [3.05, 3.63) is 53.9 Å². The third kappa shape index (κ3) is 3.96. The number of phenolic OH excluding ortho intramolecular Hbond substituents is 1. The maximum Gasteiger partial charge on any atom is 0.161 e. The zero-order chi connectivity index (χ0) is 17.8. The molecule has 6 nitrogen and oxygen atoms in total. The zero-order valence-corrected chi connectivity index (χ0v) is 14.7. The third-order valence-electron chi connectivity index (χ3n) is 3.84. The number of benzene rings is 1. The Labute approximate surface area is 147 Å². The van der Waals surface area contributed by atoms with E-state index in [0.717, 1.165) is 41.6 Å². The molecular weight excluding hydrogens is 316 g/mol. The maximum absolute atomic E-state index is 9.87. The molecule has 1 aromatic carbocycles. The van der Waals surface area contributed by atoms with Crippen molar-refractivity contribution in [2.24, 2.45) is 0 Å². The standard InChI is InChI=1S/C19H22N4O2/c1-4-25-17-12-15(5-6-16(17)24)19-20-8-10-23(19)9-7-18-21-13(2)11-14(3)22-18/h5-6,8,10-12,24H,4,7,9H2,1-3H3. The molecule has 0 unspecified atom stereocenters. The highest BCUT2D eigenvalue weighted by atomic mass is 16.5. The number of nitrogens with zero attached hydrogens (tertiary/aromatic N) is 4. The maximum atomic E-state index is 9.87. The Morgan fingerprint density at radius 1 is 1.12 bits per heavy atom. The lowest BCUT2D eigenvalue weighted by Crippen LogP contribution is -2.07.